The minimum Gasteiger partial charge on any atom is -0.742 e. The van der Waals surface area contributed by atoms with Gasteiger partial charge in [-0.2, -0.15) is 8.42 Å². The summed E-state index contributed by atoms with van der Waals surface area (Å²) >= 11 is 3.08. The second kappa shape index (κ2) is 7.41. The van der Waals surface area contributed by atoms with Crippen LogP contribution in [0, 0.1) is 0 Å². The fraction of sp³-hybridized carbons (Fsp3) is 0. The molecule has 0 aromatic heterocycles. The van der Waals surface area contributed by atoms with E-state index < -0.39 is 10.4 Å². The van der Waals surface area contributed by atoms with Gasteiger partial charge in [0.05, 0.1) is 0 Å². The molecule has 8 heavy (non-hydrogen) atoms. The molecule has 0 radical (unpaired) electrons. The van der Waals surface area contributed by atoms with Gasteiger partial charge >= 0.3 is 27.5 Å². The summed E-state index contributed by atoms with van der Waals surface area (Å²) in [7, 11) is -4.67. The zero-order valence-electron chi connectivity index (χ0n) is 3.28. The molecule has 0 bridgehead atoms. The zero-order chi connectivity index (χ0) is 6.50. The van der Waals surface area contributed by atoms with Gasteiger partial charge in [-0.3, -0.25) is 21.5 Å². The maximum Gasteiger partial charge on any atom is 1.00 e. The van der Waals surface area contributed by atoms with Crippen LogP contribution in [-0.4, -0.2) is 17.5 Å². The Hall–Kier alpha value is 0.409. The molecule has 0 rings (SSSR count). The van der Waals surface area contributed by atoms with Crippen LogP contribution in [0.4, 0.5) is 0 Å². The molecule has 0 spiro atoms. The van der Waals surface area contributed by atoms with Crippen LogP contribution in [0.25, 0.3) is 4.78 Å². The van der Waals surface area contributed by atoms with Gasteiger partial charge < -0.3 is 4.78 Å². The maximum absolute atomic E-state index is 8.74. The molecular weight excluding hydrogens is 206 g/mol. The van der Waals surface area contributed by atoms with Crippen molar-refractivity contribution in [2.45, 2.75) is 0 Å². The average molecular weight is 208 g/mol. The van der Waals surface area contributed by atoms with Crippen molar-refractivity contribution in [3.63, 3.8) is 0 Å². The molecule has 0 saturated heterocycles. The molecule has 8 heteroatoms. The fourth-order valence-electron chi connectivity index (χ4n) is 0. The Kier molecular flexibility index (Phi) is 14.6. The van der Waals surface area contributed by atoms with E-state index in [1.165, 1.54) is 0 Å². The van der Waals surface area contributed by atoms with Crippen LogP contribution in [0.2, 0.25) is 0 Å². The summed E-state index contributed by atoms with van der Waals surface area (Å²) in [5, 5.41) is 0. The number of rotatable bonds is 0. The van der Waals surface area contributed by atoms with E-state index in [2.05, 4.69) is 12.4 Å². The molecule has 0 saturated carbocycles. The van der Waals surface area contributed by atoms with Gasteiger partial charge in [-0.05, 0) is 0 Å². The quantitative estimate of drug-likeness (QED) is 0.417. The van der Waals surface area contributed by atoms with E-state index in [-0.39, 0.29) is 17.1 Å². The van der Waals surface area contributed by atoms with Crippen molar-refractivity contribution in [1.29, 1.82) is 0 Å². The first-order chi connectivity index (χ1) is 3.00. The van der Waals surface area contributed by atoms with Crippen LogP contribution in [0.5, 0.6) is 0 Å². The minimum absolute atomic E-state index is 0. The van der Waals surface area contributed by atoms with Crippen LogP contribution >= 0.6 is 0 Å². The topological polar surface area (TPSA) is 96.9 Å². The van der Waals surface area contributed by atoms with Gasteiger partial charge in [-0.25, -0.2) is 0 Å². The van der Waals surface area contributed by atoms with Crippen LogP contribution in [0.1, 0.15) is 0 Å². The Bertz CT molecular complexity index is 108. The molecule has 54 valence electrons. The van der Waals surface area contributed by atoms with Crippen molar-refractivity contribution in [3.8, 4) is 0 Å². The van der Waals surface area contributed by atoms with Gasteiger partial charge in [0.25, 0.3) is 0 Å². The Morgan fingerprint density at radius 3 is 1.25 bits per heavy atom. The smallest absolute Gasteiger partial charge is 0.742 e. The third-order valence-corrected chi connectivity index (χ3v) is 0. The van der Waals surface area contributed by atoms with Crippen molar-refractivity contribution >= 4 is 22.8 Å². The van der Waals surface area contributed by atoms with Crippen LogP contribution in [-0.2, 0) is 39.9 Å². The van der Waals surface area contributed by atoms with Crippen molar-refractivity contribution in [2.24, 2.45) is 0 Å². The first kappa shape index (κ1) is 15.8. The van der Waals surface area contributed by atoms with E-state index in [1.807, 2.05) is 0 Å². The zero-order valence-corrected chi connectivity index (χ0v) is 5.85. The van der Waals surface area contributed by atoms with Gasteiger partial charge in [0, 0.05) is 0 Å². The molecule has 0 unspecified atom stereocenters. The van der Waals surface area contributed by atoms with Crippen LogP contribution in [0.3, 0.4) is 0 Å². The molecule has 0 atom stereocenters. The maximum atomic E-state index is 8.74. The van der Waals surface area contributed by atoms with E-state index >= 15 is 0 Å². The van der Waals surface area contributed by atoms with Crippen LogP contribution < -0.4 is 0 Å². The Balaban J connectivity index is -0.0000000750. The molecule has 0 fully saturated rings. The summed E-state index contributed by atoms with van der Waals surface area (Å²) in [4.78, 5) is 0. The summed E-state index contributed by atoms with van der Waals surface area (Å²) in [6.07, 6.45) is 0. The van der Waals surface area contributed by atoms with Crippen molar-refractivity contribution in [2.75, 3.05) is 0 Å². The van der Waals surface area contributed by atoms with Gasteiger partial charge in [0.1, 0.15) is 0 Å². The second-order valence-corrected chi connectivity index (χ2v) is 1.34. The summed E-state index contributed by atoms with van der Waals surface area (Å²) in [6, 6.07) is 0. The molecule has 0 aromatic carbocycles. The molecule has 0 heterocycles. The van der Waals surface area contributed by atoms with E-state index in [4.69, 9.17) is 22.3 Å². The molecular formula is H2CuNO4S2. The first-order valence-corrected chi connectivity index (χ1v) is 2.64. The Labute approximate surface area is 62.5 Å². The fourth-order valence-corrected chi connectivity index (χ4v) is 0. The molecule has 0 amide bonds. The minimum atomic E-state index is -4.67. The third kappa shape index (κ3) is 1120. The van der Waals surface area contributed by atoms with Crippen molar-refractivity contribution < 1.29 is 34.6 Å². The summed E-state index contributed by atoms with van der Waals surface area (Å²) in [6.45, 7) is 0. The number of hydrogen-bond donors (Lipinski definition) is 2. The SMILES string of the molecule is O=S(=O)(O)O.[Cu+].[N-]=S. The predicted molar refractivity (Wildman–Crippen MR) is 24.9 cm³/mol. The van der Waals surface area contributed by atoms with E-state index in [0.29, 0.717) is 0 Å². The van der Waals surface area contributed by atoms with Gasteiger partial charge in [-0.1, -0.05) is 0 Å². The second-order valence-electron chi connectivity index (χ2n) is 0.448. The first-order valence-electron chi connectivity index (χ1n) is 0.881. The van der Waals surface area contributed by atoms with Crippen molar-refractivity contribution in [3.05, 3.63) is 4.78 Å². The number of hydrogen-bond acceptors (Lipinski definition) is 3. The Morgan fingerprint density at radius 1 is 1.25 bits per heavy atom. The molecule has 0 aromatic rings. The van der Waals surface area contributed by atoms with E-state index in [9.17, 15) is 0 Å². The molecule has 5 nitrogen and oxygen atoms in total. The van der Waals surface area contributed by atoms with Gasteiger partial charge in [-0.15, -0.1) is 0 Å². The molecule has 2 N–H and O–H groups in total. The normalized spacial score (nSPS) is 7.75. The summed E-state index contributed by atoms with van der Waals surface area (Å²) in [5.74, 6) is 0. The van der Waals surface area contributed by atoms with E-state index in [0.717, 1.165) is 0 Å². The summed E-state index contributed by atoms with van der Waals surface area (Å²) in [5.41, 5.74) is 0. The molecule has 0 aliphatic carbocycles. The summed E-state index contributed by atoms with van der Waals surface area (Å²) < 4.78 is 38.2. The van der Waals surface area contributed by atoms with Crippen molar-refractivity contribution in [1.82, 2.24) is 0 Å². The van der Waals surface area contributed by atoms with Gasteiger partial charge in [0.2, 0.25) is 0 Å². The third-order valence-electron chi connectivity index (χ3n) is 0. The monoisotopic (exact) mass is 207 g/mol. The average Bonchev–Trinajstić information content (AvgIpc) is 1.36. The molecule has 0 aliphatic heterocycles. The molecule has 0 aliphatic rings. The van der Waals surface area contributed by atoms with Gasteiger partial charge in [0.15, 0.2) is 0 Å². The Morgan fingerprint density at radius 2 is 1.25 bits per heavy atom. The standard InChI is InChI=1S/Cu.NS.H2O4S/c;1-2;1-5(2,3)4/h;;(H2,1,2,3,4)/q+1;-1;. The predicted octanol–water partition coefficient (Wildman–Crippen LogP) is -0.369. The van der Waals surface area contributed by atoms with E-state index in [1.54, 1.807) is 0 Å². The number of nitrogens with zero attached hydrogens (tertiary/aromatic N) is 1. The van der Waals surface area contributed by atoms with Crippen LogP contribution in [0.15, 0.2) is 0 Å². The largest absolute Gasteiger partial charge is 1.00 e.